The molecule has 1 saturated carbocycles. The summed E-state index contributed by atoms with van der Waals surface area (Å²) in [4.78, 5) is 35.3. The van der Waals surface area contributed by atoms with Crippen molar-refractivity contribution >= 4 is 34.3 Å². The van der Waals surface area contributed by atoms with E-state index in [0.29, 0.717) is 41.5 Å². The van der Waals surface area contributed by atoms with Gasteiger partial charge in [-0.05, 0) is 68.4 Å². The zero-order chi connectivity index (χ0) is 24.7. The van der Waals surface area contributed by atoms with Crippen LogP contribution in [0.25, 0.3) is 0 Å². The van der Waals surface area contributed by atoms with Gasteiger partial charge < -0.3 is 30.6 Å². The summed E-state index contributed by atoms with van der Waals surface area (Å²) < 4.78 is 5.59. The minimum Gasteiger partial charge on any atom is -0.474 e. The Morgan fingerprint density at radius 1 is 1.08 bits per heavy atom. The van der Waals surface area contributed by atoms with Crippen molar-refractivity contribution in [3.8, 4) is 5.88 Å². The second-order valence-corrected chi connectivity index (χ2v) is 9.96. The van der Waals surface area contributed by atoms with Crippen LogP contribution < -0.4 is 31.1 Å². The number of anilines is 5. The standard InChI is InChI=1S/C27H30N6O3/c1-17-21(16-30-26-23(17)28-12-15-36-26)32-20-6-11-29-24(34)22(20)25(35)31-18-2-4-19(5-3-18)33-13-9-27(7-8-27)10-14-33/h2-6,11,16,28H,7-10,12-15H2,1H3,(H,31,35)(H2,29,32,34). The van der Waals surface area contributed by atoms with E-state index in [-0.39, 0.29) is 5.56 Å². The van der Waals surface area contributed by atoms with Crippen LogP contribution in [0.4, 0.5) is 28.4 Å². The van der Waals surface area contributed by atoms with E-state index in [1.54, 1.807) is 12.3 Å². The number of amides is 1. The van der Waals surface area contributed by atoms with Gasteiger partial charge in [-0.3, -0.25) is 9.59 Å². The molecule has 2 fully saturated rings. The number of aromatic nitrogens is 2. The maximum atomic E-state index is 13.2. The van der Waals surface area contributed by atoms with E-state index in [1.807, 2.05) is 31.2 Å². The Morgan fingerprint density at radius 2 is 1.86 bits per heavy atom. The molecule has 0 bridgehead atoms. The lowest BCUT2D eigenvalue weighted by Crippen LogP contribution is -2.34. The first-order valence-corrected chi connectivity index (χ1v) is 12.5. The number of H-pyrrole nitrogens is 1. The third-order valence-corrected chi connectivity index (χ3v) is 7.68. The quantitative estimate of drug-likeness (QED) is 0.426. The minimum absolute atomic E-state index is 0.00803. The predicted molar refractivity (Wildman–Crippen MR) is 141 cm³/mol. The van der Waals surface area contributed by atoms with Gasteiger partial charge in [0.1, 0.15) is 17.9 Å². The summed E-state index contributed by atoms with van der Waals surface area (Å²) in [6.07, 6.45) is 8.46. The van der Waals surface area contributed by atoms with E-state index in [1.165, 1.54) is 31.9 Å². The van der Waals surface area contributed by atoms with E-state index >= 15 is 0 Å². The molecule has 1 amide bonds. The van der Waals surface area contributed by atoms with Crippen molar-refractivity contribution in [1.29, 1.82) is 0 Å². The average Bonchev–Trinajstić information content (AvgIpc) is 3.65. The molecule has 6 rings (SSSR count). The van der Waals surface area contributed by atoms with Crippen LogP contribution in [0.1, 0.15) is 41.6 Å². The van der Waals surface area contributed by atoms with Gasteiger partial charge in [0, 0.05) is 42.8 Å². The maximum absolute atomic E-state index is 13.2. The van der Waals surface area contributed by atoms with Gasteiger partial charge in [0.25, 0.3) is 11.5 Å². The average molecular weight is 487 g/mol. The van der Waals surface area contributed by atoms with Crippen LogP contribution in [-0.4, -0.2) is 42.1 Å². The molecule has 1 aromatic carbocycles. The van der Waals surface area contributed by atoms with E-state index in [2.05, 4.69) is 30.8 Å². The van der Waals surface area contributed by atoms with E-state index in [0.717, 1.165) is 30.0 Å². The first-order valence-electron chi connectivity index (χ1n) is 12.5. The van der Waals surface area contributed by atoms with E-state index < -0.39 is 11.5 Å². The number of carbonyl (C=O) groups excluding carboxylic acids is 1. The van der Waals surface area contributed by atoms with Crippen LogP contribution in [0.5, 0.6) is 5.88 Å². The SMILES string of the molecule is Cc1c(Nc2cc[nH]c(=O)c2C(=O)Nc2ccc(N3CCC4(CC3)CC4)cc2)cnc2c1NCCO2. The lowest BCUT2D eigenvalue weighted by molar-refractivity contribution is 0.102. The van der Waals surface area contributed by atoms with Crippen molar-refractivity contribution in [2.45, 2.75) is 32.6 Å². The normalized spacial score (nSPS) is 17.5. The number of nitrogens with zero attached hydrogens (tertiary/aromatic N) is 2. The molecule has 1 spiro atoms. The molecule has 3 aromatic rings. The summed E-state index contributed by atoms with van der Waals surface area (Å²) >= 11 is 0. The number of fused-ring (bicyclic) bond motifs is 1. The highest BCUT2D eigenvalue weighted by Gasteiger charge is 2.44. The Hall–Kier alpha value is -4.01. The van der Waals surface area contributed by atoms with Crippen LogP contribution in [0, 0.1) is 12.3 Å². The number of piperidine rings is 1. The maximum Gasteiger partial charge on any atom is 0.263 e. The van der Waals surface area contributed by atoms with Crippen LogP contribution in [0.15, 0.2) is 47.5 Å². The summed E-state index contributed by atoms with van der Waals surface area (Å²) in [6.45, 7) is 5.35. The van der Waals surface area contributed by atoms with Gasteiger partial charge >= 0.3 is 0 Å². The summed E-state index contributed by atoms with van der Waals surface area (Å²) in [5, 5.41) is 9.39. The molecule has 9 heteroatoms. The van der Waals surface area contributed by atoms with Gasteiger partial charge in [0.2, 0.25) is 5.88 Å². The molecular formula is C27H30N6O3. The largest absolute Gasteiger partial charge is 0.474 e. The molecule has 2 aliphatic heterocycles. The highest BCUT2D eigenvalue weighted by Crippen LogP contribution is 2.53. The molecule has 1 saturated heterocycles. The zero-order valence-corrected chi connectivity index (χ0v) is 20.3. The van der Waals surface area contributed by atoms with E-state index in [9.17, 15) is 9.59 Å². The first kappa shape index (κ1) is 22.5. The van der Waals surface area contributed by atoms with Crippen LogP contribution in [-0.2, 0) is 0 Å². The summed E-state index contributed by atoms with van der Waals surface area (Å²) in [5.74, 6) is 0.0685. The topological polar surface area (TPSA) is 111 Å². The summed E-state index contributed by atoms with van der Waals surface area (Å²) in [7, 11) is 0. The van der Waals surface area contributed by atoms with Gasteiger partial charge in [-0.2, -0.15) is 0 Å². The monoisotopic (exact) mass is 486 g/mol. The number of carbonyl (C=O) groups is 1. The second kappa shape index (κ2) is 8.89. The molecule has 4 heterocycles. The number of nitrogens with one attached hydrogen (secondary N) is 4. The van der Waals surface area contributed by atoms with Gasteiger partial charge in [0.05, 0.1) is 17.6 Å². The van der Waals surface area contributed by atoms with Crippen molar-refractivity contribution in [3.05, 3.63) is 64.2 Å². The van der Waals surface area contributed by atoms with E-state index in [4.69, 9.17) is 4.74 Å². The second-order valence-electron chi connectivity index (χ2n) is 9.96. The lowest BCUT2D eigenvalue weighted by atomic mass is 9.93. The fraction of sp³-hybridized carbons (Fsp3) is 0.370. The number of aromatic amines is 1. The molecule has 9 nitrogen and oxygen atoms in total. The van der Waals surface area contributed by atoms with Gasteiger partial charge in [-0.1, -0.05) is 0 Å². The molecule has 36 heavy (non-hydrogen) atoms. The Labute approximate surface area is 209 Å². The fourth-order valence-electron chi connectivity index (χ4n) is 5.17. The third-order valence-electron chi connectivity index (χ3n) is 7.68. The Balaban J connectivity index is 1.19. The molecule has 186 valence electrons. The summed E-state index contributed by atoms with van der Waals surface area (Å²) in [5.41, 5.74) is 4.77. The highest BCUT2D eigenvalue weighted by atomic mass is 16.5. The molecular weight excluding hydrogens is 456 g/mol. The Morgan fingerprint density at radius 3 is 2.61 bits per heavy atom. The predicted octanol–water partition coefficient (Wildman–Crippen LogP) is 4.26. The zero-order valence-electron chi connectivity index (χ0n) is 20.3. The molecule has 0 atom stereocenters. The number of pyridine rings is 2. The third kappa shape index (κ3) is 4.25. The molecule has 0 radical (unpaired) electrons. The molecule has 3 aliphatic rings. The van der Waals surface area contributed by atoms with Crippen LogP contribution >= 0.6 is 0 Å². The van der Waals surface area contributed by atoms with Gasteiger partial charge in [-0.15, -0.1) is 0 Å². The number of rotatable bonds is 5. The molecule has 2 aromatic heterocycles. The van der Waals surface area contributed by atoms with Gasteiger partial charge in [0.15, 0.2) is 0 Å². The molecule has 0 unspecified atom stereocenters. The number of benzene rings is 1. The van der Waals surface area contributed by atoms with Gasteiger partial charge in [-0.25, -0.2) is 4.98 Å². The van der Waals surface area contributed by atoms with Crippen molar-refractivity contribution < 1.29 is 9.53 Å². The van der Waals surface area contributed by atoms with Crippen molar-refractivity contribution in [2.24, 2.45) is 5.41 Å². The first-order chi connectivity index (χ1) is 17.5. The lowest BCUT2D eigenvalue weighted by Gasteiger charge is -2.33. The summed E-state index contributed by atoms with van der Waals surface area (Å²) in [6, 6.07) is 9.52. The fourth-order valence-corrected chi connectivity index (χ4v) is 5.17. The highest BCUT2D eigenvalue weighted by molar-refractivity contribution is 6.08. The molecule has 1 aliphatic carbocycles. The number of ether oxygens (including phenoxy) is 1. The van der Waals surface area contributed by atoms with Crippen LogP contribution in [0.3, 0.4) is 0 Å². The van der Waals surface area contributed by atoms with Crippen molar-refractivity contribution in [2.75, 3.05) is 47.1 Å². The molecule has 4 N–H and O–H groups in total. The van der Waals surface area contributed by atoms with Crippen LogP contribution in [0.2, 0.25) is 0 Å². The Bertz CT molecular complexity index is 1350. The Kier molecular flexibility index (Phi) is 5.55. The minimum atomic E-state index is -0.481. The smallest absolute Gasteiger partial charge is 0.263 e. The number of hydrogen-bond donors (Lipinski definition) is 4. The van der Waals surface area contributed by atoms with Crippen molar-refractivity contribution in [3.63, 3.8) is 0 Å². The number of hydrogen-bond acceptors (Lipinski definition) is 7. The van der Waals surface area contributed by atoms with Crippen molar-refractivity contribution in [1.82, 2.24) is 9.97 Å².